The first kappa shape index (κ1) is 16.8. The number of halogens is 2. The van der Waals surface area contributed by atoms with Crippen molar-refractivity contribution >= 4 is 29.3 Å². The van der Waals surface area contributed by atoms with Gasteiger partial charge in [-0.3, -0.25) is 4.79 Å². The first-order valence-electron chi connectivity index (χ1n) is 6.98. The summed E-state index contributed by atoms with van der Waals surface area (Å²) < 4.78 is 12.8. The lowest BCUT2D eigenvalue weighted by Gasteiger charge is -2.14. The van der Waals surface area contributed by atoms with Crippen molar-refractivity contribution in [1.29, 1.82) is 0 Å². The predicted octanol–water partition coefficient (Wildman–Crippen LogP) is 4.84. The molecule has 1 N–H and O–H groups in total. The summed E-state index contributed by atoms with van der Waals surface area (Å²) in [7, 11) is 0. The van der Waals surface area contributed by atoms with E-state index in [1.165, 1.54) is 23.9 Å². The molecule has 0 aliphatic rings. The summed E-state index contributed by atoms with van der Waals surface area (Å²) in [6.45, 7) is 1.93. The topological polar surface area (TPSA) is 29.1 Å². The minimum atomic E-state index is -0.252. The Morgan fingerprint density at radius 2 is 2.00 bits per heavy atom. The molecular weight excluding hydrogens is 321 g/mol. The van der Waals surface area contributed by atoms with Crippen molar-refractivity contribution in [2.45, 2.75) is 24.3 Å². The van der Waals surface area contributed by atoms with Crippen molar-refractivity contribution in [2.24, 2.45) is 0 Å². The Hall–Kier alpha value is -1.52. The Labute approximate surface area is 139 Å². The van der Waals surface area contributed by atoms with Crippen LogP contribution in [-0.4, -0.2) is 11.7 Å². The molecular formula is C17H17ClFNOS. The molecule has 0 aliphatic carbocycles. The number of carbonyl (C=O) groups is 1. The molecule has 0 bridgehead atoms. The molecule has 0 saturated heterocycles. The first-order chi connectivity index (χ1) is 10.5. The summed E-state index contributed by atoms with van der Waals surface area (Å²) >= 11 is 7.48. The van der Waals surface area contributed by atoms with E-state index in [4.69, 9.17) is 11.6 Å². The van der Waals surface area contributed by atoms with Gasteiger partial charge in [0.1, 0.15) is 5.82 Å². The van der Waals surface area contributed by atoms with Crippen molar-refractivity contribution in [3.63, 3.8) is 0 Å². The Kier molecular flexibility index (Phi) is 6.28. The third kappa shape index (κ3) is 5.35. The van der Waals surface area contributed by atoms with Gasteiger partial charge in [-0.25, -0.2) is 4.39 Å². The van der Waals surface area contributed by atoms with E-state index in [2.05, 4.69) is 5.32 Å². The number of thioether (sulfide) groups is 1. The van der Waals surface area contributed by atoms with Crippen molar-refractivity contribution in [3.05, 3.63) is 64.9 Å². The van der Waals surface area contributed by atoms with E-state index in [1.807, 2.05) is 25.1 Å². The average molecular weight is 338 g/mol. The van der Waals surface area contributed by atoms with Crippen LogP contribution in [0.2, 0.25) is 5.02 Å². The maximum atomic E-state index is 12.8. The number of carbonyl (C=O) groups excluding carboxylic acids is 1. The van der Waals surface area contributed by atoms with Crippen molar-refractivity contribution in [1.82, 2.24) is 5.32 Å². The smallest absolute Gasteiger partial charge is 0.221 e. The molecule has 0 radical (unpaired) electrons. The molecule has 5 heteroatoms. The van der Waals surface area contributed by atoms with Crippen LogP contribution in [0.15, 0.2) is 53.4 Å². The van der Waals surface area contributed by atoms with Gasteiger partial charge < -0.3 is 5.32 Å². The molecule has 2 aromatic carbocycles. The fourth-order valence-corrected chi connectivity index (χ4v) is 3.02. The maximum absolute atomic E-state index is 12.8. The number of nitrogens with one attached hydrogen (secondary N) is 1. The van der Waals surface area contributed by atoms with Gasteiger partial charge >= 0.3 is 0 Å². The normalized spacial score (nSPS) is 12.0. The first-order valence-corrected chi connectivity index (χ1v) is 8.34. The van der Waals surface area contributed by atoms with Crippen LogP contribution in [-0.2, 0) is 4.79 Å². The standard InChI is InChI=1S/C17H17ClFNOS/c1-12(13-3-2-4-14(18)11-13)20-17(21)9-10-22-16-7-5-15(19)6-8-16/h2-8,11-12H,9-10H2,1H3,(H,20,21)/t12-/m0/s1. The molecule has 0 unspecified atom stereocenters. The highest BCUT2D eigenvalue weighted by Crippen LogP contribution is 2.20. The SMILES string of the molecule is C[C@H](NC(=O)CCSc1ccc(F)cc1)c1cccc(Cl)c1. The second kappa shape index (κ2) is 8.20. The average Bonchev–Trinajstić information content (AvgIpc) is 2.49. The summed E-state index contributed by atoms with van der Waals surface area (Å²) in [6, 6.07) is 13.6. The monoisotopic (exact) mass is 337 g/mol. The Morgan fingerprint density at radius 1 is 1.27 bits per heavy atom. The van der Waals surface area contributed by atoms with E-state index >= 15 is 0 Å². The van der Waals surface area contributed by atoms with Gasteiger partial charge in [-0.1, -0.05) is 23.7 Å². The fraction of sp³-hybridized carbons (Fsp3) is 0.235. The van der Waals surface area contributed by atoms with Gasteiger partial charge in [-0.15, -0.1) is 11.8 Å². The van der Waals surface area contributed by atoms with Crippen LogP contribution in [0, 0.1) is 5.82 Å². The third-order valence-corrected chi connectivity index (χ3v) is 4.39. The minimum absolute atomic E-state index is 0.0120. The van der Waals surface area contributed by atoms with Gasteiger partial charge in [0, 0.05) is 22.1 Å². The molecule has 0 aliphatic heterocycles. The maximum Gasteiger partial charge on any atom is 0.221 e. The van der Waals surface area contributed by atoms with Gasteiger partial charge in [-0.05, 0) is 48.9 Å². The molecule has 2 nitrogen and oxygen atoms in total. The molecule has 0 heterocycles. The molecule has 2 aromatic rings. The highest BCUT2D eigenvalue weighted by Gasteiger charge is 2.09. The number of amides is 1. The quantitative estimate of drug-likeness (QED) is 0.764. The van der Waals surface area contributed by atoms with Gasteiger partial charge in [0.2, 0.25) is 5.91 Å². The van der Waals surface area contributed by atoms with E-state index in [0.29, 0.717) is 17.2 Å². The molecule has 0 saturated carbocycles. The molecule has 1 atom stereocenters. The summed E-state index contributed by atoms with van der Waals surface area (Å²) in [4.78, 5) is 12.9. The lowest BCUT2D eigenvalue weighted by atomic mass is 10.1. The van der Waals surface area contributed by atoms with Gasteiger partial charge in [-0.2, -0.15) is 0 Å². The third-order valence-electron chi connectivity index (χ3n) is 3.14. The zero-order valence-corrected chi connectivity index (χ0v) is 13.8. The molecule has 116 valence electrons. The Morgan fingerprint density at radius 3 is 2.68 bits per heavy atom. The number of rotatable bonds is 6. The van der Waals surface area contributed by atoms with Crippen molar-refractivity contribution in [3.8, 4) is 0 Å². The molecule has 0 fully saturated rings. The summed E-state index contributed by atoms with van der Waals surface area (Å²) in [5, 5.41) is 3.61. The van der Waals surface area contributed by atoms with E-state index in [0.717, 1.165) is 10.5 Å². The van der Waals surface area contributed by atoms with Crippen LogP contribution in [0.5, 0.6) is 0 Å². The van der Waals surface area contributed by atoms with E-state index < -0.39 is 0 Å². The molecule has 0 spiro atoms. The second-order valence-electron chi connectivity index (χ2n) is 4.90. The second-order valence-corrected chi connectivity index (χ2v) is 6.50. The molecule has 22 heavy (non-hydrogen) atoms. The van der Waals surface area contributed by atoms with Crippen LogP contribution in [0.1, 0.15) is 24.9 Å². The van der Waals surface area contributed by atoms with Crippen LogP contribution < -0.4 is 5.32 Å². The number of benzene rings is 2. The van der Waals surface area contributed by atoms with Crippen molar-refractivity contribution < 1.29 is 9.18 Å². The number of hydrogen-bond donors (Lipinski definition) is 1. The Bertz CT molecular complexity index is 633. The largest absolute Gasteiger partial charge is 0.350 e. The highest BCUT2D eigenvalue weighted by molar-refractivity contribution is 7.99. The number of hydrogen-bond acceptors (Lipinski definition) is 2. The molecule has 2 rings (SSSR count). The summed E-state index contributed by atoms with van der Waals surface area (Å²) in [5.74, 6) is 0.388. The fourth-order valence-electron chi connectivity index (χ4n) is 1.97. The highest BCUT2D eigenvalue weighted by atomic mass is 35.5. The lowest BCUT2D eigenvalue weighted by Crippen LogP contribution is -2.26. The minimum Gasteiger partial charge on any atom is -0.350 e. The van der Waals surface area contributed by atoms with Gasteiger partial charge in [0.15, 0.2) is 0 Å². The van der Waals surface area contributed by atoms with Gasteiger partial charge in [0.25, 0.3) is 0 Å². The van der Waals surface area contributed by atoms with Crippen LogP contribution in [0.3, 0.4) is 0 Å². The zero-order valence-electron chi connectivity index (χ0n) is 12.2. The van der Waals surface area contributed by atoms with E-state index in [1.54, 1.807) is 18.2 Å². The zero-order chi connectivity index (χ0) is 15.9. The van der Waals surface area contributed by atoms with Gasteiger partial charge in [0.05, 0.1) is 6.04 Å². The van der Waals surface area contributed by atoms with E-state index in [-0.39, 0.29) is 17.8 Å². The Balaban J connectivity index is 1.76. The molecule has 1 amide bonds. The lowest BCUT2D eigenvalue weighted by molar-refractivity contribution is -0.121. The summed E-state index contributed by atoms with van der Waals surface area (Å²) in [5.41, 5.74) is 0.979. The predicted molar refractivity (Wildman–Crippen MR) is 89.8 cm³/mol. The summed E-state index contributed by atoms with van der Waals surface area (Å²) in [6.07, 6.45) is 0.410. The van der Waals surface area contributed by atoms with E-state index in [9.17, 15) is 9.18 Å². The van der Waals surface area contributed by atoms with Crippen LogP contribution in [0.25, 0.3) is 0 Å². The van der Waals surface area contributed by atoms with Crippen LogP contribution in [0.4, 0.5) is 4.39 Å². The van der Waals surface area contributed by atoms with Crippen molar-refractivity contribution in [2.75, 3.05) is 5.75 Å². The van der Waals surface area contributed by atoms with Crippen LogP contribution >= 0.6 is 23.4 Å². The molecule has 0 aromatic heterocycles.